The van der Waals surface area contributed by atoms with Gasteiger partial charge in [0, 0.05) is 34.0 Å². The predicted molar refractivity (Wildman–Crippen MR) is 179 cm³/mol. The second kappa shape index (κ2) is 12.2. The minimum atomic E-state index is -3.14. The third kappa shape index (κ3) is 5.35. The van der Waals surface area contributed by atoms with Gasteiger partial charge in [-0.05, 0) is 54.4 Å². The van der Waals surface area contributed by atoms with Gasteiger partial charge in [0.2, 0.25) is 0 Å². The lowest BCUT2D eigenvalue weighted by atomic mass is 9.90. The number of hydrogen-bond acceptors (Lipinski definition) is 8. The number of rotatable bonds is 9. The Hall–Kier alpha value is -4.29. The zero-order chi connectivity index (χ0) is 32.7. The highest BCUT2D eigenvalue weighted by Gasteiger charge is 2.52. The molecule has 0 amide bonds. The van der Waals surface area contributed by atoms with Crippen molar-refractivity contribution in [3.8, 4) is 73.6 Å². The molecule has 238 valence electrons. The lowest BCUT2D eigenvalue weighted by Gasteiger charge is -2.31. The Morgan fingerprint density at radius 2 is 1.07 bits per heavy atom. The summed E-state index contributed by atoms with van der Waals surface area (Å²) in [6.45, 7) is 7.89. The van der Waals surface area contributed by atoms with E-state index in [0.717, 1.165) is 27.8 Å². The molecular weight excluding hydrogens is 591 g/mol. The van der Waals surface area contributed by atoms with E-state index in [4.69, 9.17) is 33.2 Å². The lowest BCUT2D eigenvalue weighted by Crippen LogP contribution is -2.27. The zero-order valence-electron chi connectivity index (χ0n) is 27.6. The average molecular weight is 633 g/mol. The van der Waals surface area contributed by atoms with Crippen LogP contribution in [0.1, 0.15) is 27.7 Å². The maximum absolute atomic E-state index is 15.2. The van der Waals surface area contributed by atoms with Crippen molar-refractivity contribution in [2.45, 2.75) is 38.7 Å². The molecule has 0 aromatic heterocycles. The standard InChI is InChI=1S/C36H41O8P/c1-21-44-31-13-11-12-28(35(31)45(21,37)36(2,3)4)32-33(42-9)29(22-14-24(38-5)18-25(15-22)39-6)20-30(34(32)43-10)23-16-26(40-7)19-27(17-23)41-8/h11-21H,1-10H3/t21-,45?/m0/s1. The van der Waals surface area contributed by atoms with Crippen molar-refractivity contribution in [3.63, 3.8) is 0 Å². The minimum absolute atomic E-state index is 0.501. The van der Waals surface area contributed by atoms with E-state index < -0.39 is 18.1 Å². The summed E-state index contributed by atoms with van der Waals surface area (Å²) >= 11 is 0. The van der Waals surface area contributed by atoms with Crippen LogP contribution >= 0.6 is 7.14 Å². The maximum Gasteiger partial charge on any atom is 0.163 e. The normalized spacial score (nSPS) is 17.2. The topological polar surface area (TPSA) is 81.7 Å². The van der Waals surface area contributed by atoms with Crippen LogP contribution in [0.25, 0.3) is 33.4 Å². The van der Waals surface area contributed by atoms with Gasteiger partial charge < -0.3 is 37.7 Å². The average Bonchev–Trinajstić information content (AvgIpc) is 3.33. The Balaban J connectivity index is 1.98. The molecule has 1 heterocycles. The smallest absolute Gasteiger partial charge is 0.163 e. The van der Waals surface area contributed by atoms with E-state index in [2.05, 4.69) is 0 Å². The molecule has 0 aliphatic carbocycles. The van der Waals surface area contributed by atoms with Gasteiger partial charge >= 0.3 is 0 Å². The van der Waals surface area contributed by atoms with Crippen LogP contribution in [-0.2, 0) is 4.57 Å². The van der Waals surface area contributed by atoms with Crippen molar-refractivity contribution < 1.29 is 37.7 Å². The minimum Gasteiger partial charge on any atom is -0.497 e. The van der Waals surface area contributed by atoms with Crippen LogP contribution in [0.3, 0.4) is 0 Å². The van der Waals surface area contributed by atoms with Crippen molar-refractivity contribution in [2.24, 2.45) is 0 Å². The largest absolute Gasteiger partial charge is 0.497 e. The van der Waals surface area contributed by atoms with E-state index in [9.17, 15) is 0 Å². The number of ether oxygens (including phenoxy) is 7. The van der Waals surface area contributed by atoms with E-state index in [-0.39, 0.29) is 0 Å². The van der Waals surface area contributed by atoms with Gasteiger partial charge in [0.05, 0.1) is 53.5 Å². The first-order valence-corrected chi connectivity index (χ1v) is 16.4. The van der Waals surface area contributed by atoms with Crippen molar-refractivity contribution >= 4 is 12.4 Å². The second-order valence-electron chi connectivity index (χ2n) is 11.8. The molecule has 0 bridgehead atoms. The second-order valence-corrected chi connectivity index (χ2v) is 15.6. The van der Waals surface area contributed by atoms with Gasteiger partial charge in [0.15, 0.2) is 13.0 Å². The predicted octanol–water partition coefficient (Wildman–Crippen LogP) is 8.26. The van der Waals surface area contributed by atoms with Crippen molar-refractivity contribution in [1.82, 2.24) is 0 Å². The quantitative estimate of drug-likeness (QED) is 0.171. The fourth-order valence-corrected chi connectivity index (χ4v) is 9.54. The summed E-state index contributed by atoms with van der Waals surface area (Å²) < 4.78 is 56.5. The summed E-state index contributed by atoms with van der Waals surface area (Å²) in [5, 5.41) is 0.103. The van der Waals surface area contributed by atoms with Crippen LogP contribution in [0.5, 0.6) is 40.2 Å². The van der Waals surface area contributed by atoms with Gasteiger partial charge in [-0.2, -0.15) is 0 Å². The molecule has 5 rings (SSSR count). The molecular formula is C36H41O8P. The van der Waals surface area contributed by atoms with Crippen LogP contribution < -0.4 is 38.5 Å². The number of benzene rings is 4. The van der Waals surface area contributed by atoms with E-state index >= 15 is 4.57 Å². The van der Waals surface area contributed by atoms with Gasteiger partial charge in [-0.3, -0.25) is 0 Å². The summed E-state index contributed by atoms with van der Waals surface area (Å²) in [6, 6.07) is 19.1. The maximum atomic E-state index is 15.2. The number of hydrogen-bond donors (Lipinski definition) is 0. The third-order valence-electron chi connectivity index (χ3n) is 8.37. The highest BCUT2D eigenvalue weighted by molar-refractivity contribution is 7.74. The highest BCUT2D eigenvalue weighted by Crippen LogP contribution is 2.67. The van der Waals surface area contributed by atoms with E-state index in [1.165, 1.54) is 0 Å². The first-order valence-electron chi connectivity index (χ1n) is 14.6. The van der Waals surface area contributed by atoms with Crippen molar-refractivity contribution in [1.29, 1.82) is 0 Å². The van der Waals surface area contributed by atoms with E-state index in [1.807, 2.05) is 88.4 Å². The molecule has 1 aliphatic rings. The molecule has 0 radical (unpaired) electrons. The Labute approximate surface area is 265 Å². The summed E-state index contributed by atoms with van der Waals surface area (Å²) in [5.74, 6) is 3.64. The first-order chi connectivity index (χ1) is 21.4. The fourth-order valence-electron chi connectivity index (χ4n) is 6.15. The summed E-state index contributed by atoms with van der Waals surface area (Å²) in [6.07, 6.45) is 0. The molecule has 0 saturated heterocycles. The molecule has 45 heavy (non-hydrogen) atoms. The Morgan fingerprint density at radius 3 is 1.44 bits per heavy atom. The highest BCUT2D eigenvalue weighted by atomic mass is 31.2. The molecule has 9 heteroatoms. The summed E-state index contributed by atoms with van der Waals surface area (Å²) in [7, 11) is 6.56. The van der Waals surface area contributed by atoms with Crippen LogP contribution in [0.4, 0.5) is 0 Å². The number of methoxy groups -OCH3 is 6. The summed E-state index contributed by atoms with van der Waals surface area (Å²) in [4.78, 5) is 0. The lowest BCUT2D eigenvalue weighted by molar-refractivity contribution is 0.303. The SMILES string of the molecule is COc1cc(OC)cc(-c2cc(-c3cc(OC)cc(OC)c3)c(OC)c(-c3cccc4c3P(=O)(C(C)(C)C)[C@@H](C)O4)c2OC)c1. The van der Waals surface area contributed by atoms with Crippen LogP contribution in [0, 0.1) is 0 Å². The van der Waals surface area contributed by atoms with Gasteiger partial charge in [-0.25, -0.2) is 0 Å². The van der Waals surface area contributed by atoms with Crippen molar-refractivity contribution in [3.05, 3.63) is 60.7 Å². The molecule has 1 aliphatic heterocycles. The van der Waals surface area contributed by atoms with Crippen LogP contribution in [-0.4, -0.2) is 53.7 Å². The van der Waals surface area contributed by atoms with Crippen molar-refractivity contribution in [2.75, 3.05) is 42.7 Å². The van der Waals surface area contributed by atoms with Crippen LogP contribution in [0.2, 0.25) is 0 Å². The molecule has 0 N–H and O–H groups in total. The Morgan fingerprint density at radius 1 is 0.622 bits per heavy atom. The molecule has 4 aromatic rings. The van der Waals surface area contributed by atoms with E-state index in [1.54, 1.807) is 42.7 Å². The van der Waals surface area contributed by atoms with E-state index in [0.29, 0.717) is 51.1 Å². The third-order valence-corrected chi connectivity index (χ3v) is 12.6. The molecule has 0 spiro atoms. The fraction of sp³-hybridized carbons (Fsp3) is 0.333. The van der Waals surface area contributed by atoms with Gasteiger partial charge in [0.25, 0.3) is 0 Å². The monoisotopic (exact) mass is 632 g/mol. The molecule has 0 fully saturated rings. The Bertz CT molecular complexity index is 1660. The molecule has 1 unspecified atom stereocenters. The van der Waals surface area contributed by atoms with Gasteiger partial charge in [0.1, 0.15) is 40.2 Å². The molecule has 2 atom stereocenters. The van der Waals surface area contributed by atoms with Gasteiger partial charge in [-0.15, -0.1) is 0 Å². The zero-order valence-corrected chi connectivity index (χ0v) is 28.5. The molecule has 4 aromatic carbocycles. The summed E-state index contributed by atoms with van der Waals surface area (Å²) in [5.41, 5.74) is 4.44. The van der Waals surface area contributed by atoms with Crippen LogP contribution in [0.15, 0.2) is 60.7 Å². The van der Waals surface area contributed by atoms with Gasteiger partial charge in [-0.1, -0.05) is 32.9 Å². The number of fused-ring (bicyclic) bond motifs is 1. The Kier molecular flexibility index (Phi) is 8.74. The first kappa shape index (κ1) is 32.1. The molecule has 8 nitrogen and oxygen atoms in total. The molecule has 0 saturated carbocycles.